The van der Waals surface area contributed by atoms with E-state index < -0.39 is 22.9 Å². The Hall–Kier alpha value is -1.13. The van der Waals surface area contributed by atoms with Crippen molar-refractivity contribution in [2.24, 2.45) is 0 Å². The van der Waals surface area contributed by atoms with Crippen LogP contribution in [0.3, 0.4) is 0 Å². The predicted octanol–water partition coefficient (Wildman–Crippen LogP) is 2.83. The third-order valence-electron chi connectivity index (χ3n) is 1.93. The van der Waals surface area contributed by atoms with E-state index in [0.29, 0.717) is 0 Å². The maximum Gasteiger partial charge on any atom is 0.332 e. The fourth-order valence-corrected chi connectivity index (χ4v) is 1.42. The normalized spacial score (nSPS) is 12.0. The molecule has 1 aromatic carbocycles. The molecule has 0 saturated heterocycles. The largest absolute Gasteiger partial charge is 0.465 e. The summed E-state index contributed by atoms with van der Waals surface area (Å²) in [5.74, 6) is -2.32. The van der Waals surface area contributed by atoms with Crippen LogP contribution in [0.5, 0.6) is 0 Å². The molecule has 0 aliphatic carbocycles. The number of rotatable bonds is 4. The quantitative estimate of drug-likeness (QED) is 0.368. The van der Waals surface area contributed by atoms with Crippen LogP contribution >= 0.6 is 23.2 Å². The minimum Gasteiger partial charge on any atom is -0.465 e. The van der Waals surface area contributed by atoms with E-state index in [1.807, 2.05) is 0 Å². The number of esters is 1. The highest BCUT2D eigenvalue weighted by Gasteiger charge is 2.26. The molecule has 0 aliphatic rings. The van der Waals surface area contributed by atoms with E-state index in [2.05, 4.69) is 4.74 Å². The minimum absolute atomic E-state index is 0.0278. The highest BCUT2D eigenvalue weighted by Crippen LogP contribution is 2.18. The zero-order valence-corrected chi connectivity index (χ0v) is 10.4. The molecule has 1 unspecified atom stereocenters. The second kappa shape index (κ2) is 5.98. The van der Waals surface area contributed by atoms with Gasteiger partial charge in [0.05, 0.1) is 11.6 Å². The second-order valence-corrected chi connectivity index (χ2v) is 3.95. The van der Waals surface area contributed by atoms with Crippen LogP contribution in [-0.4, -0.2) is 23.7 Å². The summed E-state index contributed by atoms with van der Waals surface area (Å²) in [4.78, 5) is 22.9. The summed E-state index contributed by atoms with van der Waals surface area (Å²) in [6, 6.07) is 3.44. The molecule has 0 spiro atoms. The van der Waals surface area contributed by atoms with Gasteiger partial charge in [-0.1, -0.05) is 11.6 Å². The van der Waals surface area contributed by atoms with Crippen molar-refractivity contribution in [2.45, 2.75) is 12.3 Å². The van der Waals surface area contributed by atoms with Crippen LogP contribution in [0, 0.1) is 5.82 Å². The average molecular weight is 279 g/mol. The van der Waals surface area contributed by atoms with E-state index in [1.54, 1.807) is 6.92 Å². The van der Waals surface area contributed by atoms with Crippen molar-refractivity contribution in [3.05, 3.63) is 34.6 Å². The molecule has 0 saturated carbocycles. The van der Waals surface area contributed by atoms with Crippen LogP contribution in [-0.2, 0) is 9.53 Å². The number of hydrogen-bond donors (Lipinski definition) is 0. The molecular formula is C11H9Cl2FO3. The van der Waals surface area contributed by atoms with Gasteiger partial charge in [0.1, 0.15) is 5.82 Å². The molecule has 1 atom stereocenters. The highest BCUT2D eigenvalue weighted by molar-refractivity contribution is 6.43. The van der Waals surface area contributed by atoms with E-state index in [0.717, 1.165) is 6.07 Å². The van der Waals surface area contributed by atoms with Gasteiger partial charge in [0, 0.05) is 5.56 Å². The number of carbonyl (C=O) groups is 2. The number of halogens is 3. The lowest BCUT2D eigenvalue weighted by Crippen LogP contribution is -2.27. The molecule has 0 fully saturated rings. The predicted molar refractivity (Wildman–Crippen MR) is 62.0 cm³/mol. The van der Waals surface area contributed by atoms with Crippen LogP contribution in [0.2, 0.25) is 5.02 Å². The summed E-state index contributed by atoms with van der Waals surface area (Å²) >= 11 is 11.1. The maximum atomic E-state index is 13.1. The van der Waals surface area contributed by atoms with Gasteiger partial charge in [-0.15, -0.1) is 11.6 Å². The molecule has 0 bridgehead atoms. The van der Waals surface area contributed by atoms with Gasteiger partial charge in [0.15, 0.2) is 11.2 Å². The smallest absolute Gasteiger partial charge is 0.332 e. The number of alkyl halides is 1. The summed E-state index contributed by atoms with van der Waals surface area (Å²) in [5, 5.41) is -1.58. The van der Waals surface area contributed by atoms with Gasteiger partial charge < -0.3 is 4.74 Å². The molecule has 1 aromatic rings. The molecule has 0 radical (unpaired) electrons. The van der Waals surface area contributed by atoms with Crippen LogP contribution in [0.15, 0.2) is 18.2 Å². The Labute approximate surface area is 107 Å². The third kappa shape index (κ3) is 3.41. The number of benzene rings is 1. The SMILES string of the molecule is CCOC(=O)C(Cl)C(=O)c1ccc(Cl)c(F)c1. The van der Waals surface area contributed by atoms with Crippen molar-refractivity contribution in [1.29, 1.82) is 0 Å². The highest BCUT2D eigenvalue weighted by atomic mass is 35.5. The number of ether oxygens (including phenoxy) is 1. The second-order valence-electron chi connectivity index (χ2n) is 3.11. The summed E-state index contributed by atoms with van der Waals surface area (Å²) < 4.78 is 17.7. The Morgan fingerprint density at radius 3 is 2.65 bits per heavy atom. The van der Waals surface area contributed by atoms with Crippen molar-refractivity contribution in [3.63, 3.8) is 0 Å². The summed E-state index contributed by atoms with van der Waals surface area (Å²) in [5.41, 5.74) is -0.0278. The van der Waals surface area contributed by atoms with Gasteiger partial charge in [-0.3, -0.25) is 4.79 Å². The van der Waals surface area contributed by atoms with Crippen molar-refractivity contribution in [3.8, 4) is 0 Å². The zero-order valence-electron chi connectivity index (χ0n) is 8.88. The standard InChI is InChI=1S/C11H9Cl2FO3/c1-2-17-11(16)9(13)10(15)6-3-4-7(12)8(14)5-6/h3-5,9H,2H2,1H3. The molecule has 0 N–H and O–H groups in total. The lowest BCUT2D eigenvalue weighted by atomic mass is 10.1. The first-order valence-corrected chi connectivity index (χ1v) is 5.58. The van der Waals surface area contributed by atoms with Crippen LogP contribution in [0.4, 0.5) is 4.39 Å². The molecule has 0 aromatic heterocycles. The first-order chi connectivity index (χ1) is 7.97. The van der Waals surface area contributed by atoms with Crippen LogP contribution in [0.1, 0.15) is 17.3 Å². The Kier molecular flexibility index (Phi) is 4.90. The lowest BCUT2D eigenvalue weighted by molar-refractivity contribution is -0.141. The molecule has 0 amide bonds. The molecular weight excluding hydrogens is 270 g/mol. The molecule has 92 valence electrons. The molecule has 17 heavy (non-hydrogen) atoms. The fraction of sp³-hybridized carbons (Fsp3) is 0.273. The van der Waals surface area contributed by atoms with Crippen LogP contribution < -0.4 is 0 Å². The molecule has 1 rings (SSSR count). The molecule has 0 aliphatic heterocycles. The number of hydrogen-bond acceptors (Lipinski definition) is 3. The number of carbonyl (C=O) groups excluding carboxylic acids is 2. The summed E-state index contributed by atoms with van der Waals surface area (Å²) in [6.45, 7) is 1.71. The summed E-state index contributed by atoms with van der Waals surface area (Å²) in [6.07, 6.45) is 0. The average Bonchev–Trinajstić information content (AvgIpc) is 2.31. The van der Waals surface area contributed by atoms with Crippen molar-refractivity contribution >= 4 is 35.0 Å². The van der Waals surface area contributed by atoms with E-state index in [4.69, 9.17) is 23.2 Å². The molecule has 6 heteroatoms. The first-order valence-electron chi connectivity index (χ1n) is 4.77. The Bertz CT molecular complexity index is 448. The van der Waals surface area contributed by atoms with E-state index in [-0.39, 0.29) is 17.2 Å². The zero-order chi connectivity index (χ0) is 13.0. The number of ketones is 1. The Morgan fingerprint density at radius 1 is 1.47 bits per heavy atom. The van der Waals surface area contributed by atoms with Gasteiger partial charge >= 0.3 is 5.97 Å². The molecule has 0 heterocycles. The van der Waals surface area contributed by atoms with Gasteiger partial charge in [-0.2, -0.15) is 0 Å². The fourth-order valence-electron chi connectivity index (χ4n) is 1.12. The van der Waals surface area contributed by atoms with Crippen molar-refractivity contribution < 1.29 is 18.7 Å². The summed E-state index contributed by atoms with van der Waals surface area (Å²) in [7, 11) is 0. The third-order valence-corrected chi connectivity index (χ3v) is 2.61. The number of Topliss-reactive ketones (excluding diaryl/α,β-unsaturated/α-hetero) is 1. The monoisotopic (exact) mass is 278 g/mol. The Balaban J connectivity index is 2.89. The van der Waals surface area contributed by atoms with E-state index in [1.165, 1.54) is 12.1 Å². The van der Waals surface area contributed by atoms with Crippen molar-refractivity contribution in [1.82, 2.24) is 0 Å². The minimum atomic E-state index is -1.48. The van der Waals surface area contributed by atoms with E-state index >= 15 is 0 Å². The lowest BCUT2D eigenvalue weighted by Gasteiger charge is -2.08. The topological polar surface area (TPSA) is 43.4 Å². The van der Waals surface area contributed by atoms with Gasteiger partial charge in [-0.05, 0) is 25.1 Å². The van der Waals surface area contributed by atoms with Crippen molar-refractivity contribution in [2.75, 3.05) is 6.61 Å². The maximum absolute atomic E-state index is 13.1. The molecule has 3 nitrogen and oxygen atoms in total. The van der Waals surface area contributed by atoms with Gasteiger partial charge in [-0.25, -0.2) is 9.18 Å². The van der Waals surface area contributed by atoms with E-state index in [9.17, 15) is 14.0 Å². The van der Waals surface area contributed by atoms with Gasteiger partial charge in [0.25, 0.3) is 0 Å². The van der Waals surface area contributed by atoms with Gasteiger partial charge in [0.2, 0.25) is 0 Å². The Morgan fingerprint density at radius 2 is 2.12 bits per heavy atom. The van der Waals surface area contributed by atoms with Crippen LogP contribution in [0.25, 0.3) is 0 Å². The first kappa shape index (κ1) is 13.9.